The molecule has 1 atom stereocenters. The highest BCUT2D eigenvalue weighted by Crippen LogP contribution is 2.10. The molecule has 3 heteroatoms. The van der Waals surface area contributed by atoms with Crippen LogP contribution in [0, 0.1) is 12.3 Å². The van der Waals surface area contributed by atoms with E-state index in [0.717, 1.165) is 5.69 Å². The number of hydrogen-bond donors (Lipinski definition) is 1. The van der Waals surface area contributed by atoms with Gasteiger partial charge in [-0.2, -0.15) is 0 Å². The molecule has 1 heterocycles. The molecule has 0 bridgehead atoms. The summed E-state index contributed by atoms with van der Waals surface area (Å²) in [5.41, 5.74) is 2.88. The molecule has 0 saturated carbocycles. The molecule has 1 aromatic heterocycles. The van der Waals surface area contributed by atoms with E-state index in [2.05, 4.69) is 16.2 Å². The maximum atomic E-state index is 5.10. The summed E-state index contributed by atoms with van der Waals surface area (Å²) in [6.45, 7) is 2.64. The van der Waals surface area contributed by atoms with Crippen LogP contribution in [0.4, 0.5) is 0 Å². The Morgan fingerprint density at radius 1 is 1.91 bits per heavy atom. The minimum atomic E-state index is 0.261. The second kappa shape index (κ2) is 4.12. The Labute approximate surface area is 70.7 Å². The number of terminal acetylenes is 1. The zero-order valence-electron chi connectivity index (χ0n) is 6.37. The van der Waals surface area contributed by atoms with Gasteiger partial charge in [-0.1, -0.05) is 5.92 Å². The first-order valence-corrected chi connectivity index (χ1v) is 4.34. The van der Waals surface area contributed by atoms with Crippen LogP contribution in [0.15, 0.2) is 10.9 Å². The van der Waals surface area contributed by atoms with Gasteiger partial charge in [0.2, 0.25) is 0 Å². The van der Waals surface area contributed by atoms with E-state index in [1.807, 2.05) is 17.8 Å². The maximum Gasteiger partial charge on any atom is 0.0795 e. The summed E-state index contributed by atoms with van der Waals surface area (Å²) in [4.78, 5) is 4.16. The molecule has 0 fully saturated rings. The fourth-order valence-corrected chi connectivity index (χ4v) is 1.40. The molecule has 0 aliphatic rings. The number of rotatable bonds is 3. The summed E-state index contributed by atoms with van der Waals surface area (Å²) < 4.78 is 0. The molecule has 0 saturated heterocycles. The highest BCUT2D eigenvalue weighted by molar-refractivity contribution is 7.07. The van der Waals surface area contributed by atoms with E-state index in [9.17, 15) is 0 Å². The Bertz CT molecular complexity index is 235. The van der Waals surface area contributed by atoms with Crippen molar-refractivity contribution in [3.8, 4) is 12.3 Å². The van der Waals surface area contributed by atoms with Gasteiger partial charge >= 0.3 is 0 Å². The van der Waals surface area contributed by atoms with Crippen LogP contribution in [0.25, 0.3) is 0 Å². The van der Waals surface area contributed by atoms with E-state index in [4.69, 9.17) is 6.42 Å². The predicted octanol–water partition coefficient (Wildman–Crippen LogP) is 1.43. The maximum absolute atomic E-state index is 5.10. The number of aromatic nitrogens is 1. The zero-order valence-corrected chi connectivity index (χ0v) is 7.19. The van der Waals surface area contributed by atoms with Crippen LogP contribution >= 0.6 is 11.3 Å². The number of nitrogens with one attached hydrogen (secondary N) is 1. The second-order valence-corrected chi connectivity index (χ2v) is 2.94. The first-order valence-electron chi connectivity index (χ1n) is 3.39. The van der Waals surface area contributed by atoms with E-state index in [-0.39, 0.29) is 6.04 Å². The van der Waals surface area contributed by atoms with Crippen LogP contribution < -0.4 is 5.32 Å². The van der Waals surface area contributed by atoms with E-state index in [1.54, 1.807) is 11.3 Å². The van der Waals surface area contributed by atoms with Crippen molar-refractivity contribution < 1.29 is 0 Å². The van der Waals surface area contributed by atoms with E-state index >= 15 is 0 Å². The highest BCUT2D eigenvalue weighted by atomic mass is 32.1. The predicted molar refractivity (Wildman–Crippen MR) is 47.4 cm³/mol. The van der Waals surface area contributed by atoms with Gasteiger partial charge in [-0.3, -0.25) is 5.32 Å². The van der Waals surface area contributed by atoms with Gasteiger partial charge in [-0.15, -0.1) is 17.8 Å². The summed E-state index contributed by atoms with van der Waals surface area (Å²) in [5.74, 6) is 2.53. The molecule has 1 unspecified atom stereocenters. The standard InChI is InChI=1S/C8H10N2S/c1-3-4-9-7(2)8-5-11-6-10-8/h1,5-7,9H,4H2,2H3. The Kier molecular flexibility index (Phi) is 3.09. The van der Waals surface area contributed by atoms with Crippen LogP contribution in [-0.2, 0) is 0 Å². The Balaban J connectivity index is 2.44. The van der Waals surface area contributed by atoms with Crippen LogP contribution in [0.3, 0.4) is 0 Å². The quantitative estimate of drug-likeness (QED) is 0.687. The number of hydrogen-bond acceptors (Lipinski definition) is 3. The van der Waals surface area contributed by atoms with Crippen molar-refractivity contribution in [2.24, 2.45) is 0 Å². The van der Waals surface area contributed by atoms with Crippen LogP contribution in [0.5, 0.6) is 0 Å². The van der Waals surface area contributed by atoms with Crippen molar-refractivity contribution in [2.75, 3.05) is 6.54 Å². The molecule has 1 rings (SSSR count). The summed E-state index contributed by atoms with van der Waals surface area (Å²) >= 11 is 1.60. The van der Waals surface area contributed by atoms with E-state index < -0.39 is 0 Å². The van der Waals surface area contributed by atoms with Crippen molar-refractivity contribution in [1.82, 2.24) is 10.3 Å². The molecule has 1 aromatic rings. The average Bonchev–Trinajstić information content (AvgIpc) is 2.52. The molecule has 2 nitrogen and oxygen atoms in total. The van der Waals surface area contributed by atoms with Crippen LogP contribution in [0.1, 0.15) is 18.7 Å². The normalized spacial score (nSPS) is 12.4. The first kappa shape index (κ1) is 8.25. The Morgan fingerprint density at radius 3 is 3.27 bits per heavy atom. The molecule has 0 spiro atoms. The van der Waals surface area contributed by atoms with E-state index in [0.29, 0.717) is 6.54 Å². The summed E-state index contributed by atoms with van der Waals surface area (Å²) in [5, 5.41) is 5.16. The third-order valence-corrected chi connectivity index (χ3v) is 2.01. The van der Waals surface area contributed by atoms with Crippen molar-refractivity contribution in [3.63, 3.8) is 0 Å². The number of thiazole rings is 1. The van der Waals surface area contributed by atoms with Gasteiger partial charge in [0, 0.05) is 11.4 Å². The second-order valence-electron chi connectivity index (χ2n) is 2.22. The van der Waals surface area contributed by atoms with Gasteiger partial charge in [0.15, 0.2) is 0 Å². The SMILES string of the molecule is C#CCNC(C)c1cscn1. The largest absolute Gasteiger partial charge is 0.298 e. The highest BCUT2D eigenvalue weighted by Gasteiger charge is 2.03. The van der Waals surface area contributed by atoms with E-state index in [1.165, 1.54) is 0 Å². The lowest BCUT2D eigenvalue weighted by atomic mass is 10.3. The number of nitrogens with zero attached hydrogens (tertiary/aromatic N) is 1. The molecule has 0 radical (unpaired) electrons. The van der Waals surface area contributed by atoms with Crippen molar-refractivity contribution >= 4 is 11.3 Å². The van der Waals surface area contributed by atoms with Crippen molar-refractivity contribution in [3.05, 3.63) is 16.6 Å². The lowest BCUT2D eigenvalue weighted by Crippen LogP contribution is -2.18. The molecule has 0 aliphatic carbocycles. The zero-order chi connectivity index (χ0) is 8.10. The third-order valence-electron chi connectivity index (χ3n) is 1.41. The topological polar surface area (TPSA) is 24.9 Å². The molecule has 11 heavy (non-hydrogen) atoms. The van der Waals surface area contributed by atoms with Gasteiger partial charge in [0.1, 0.15) is 0 Å². The van der Waals surface area contributed by atoms with Crippen molar-refractivity contribution in [1.29, 1.82) is 0 Å². The van der Waals surface area contributed by atoms with Gasteiger partial charge in [-0.25, -0.2) is 4.98 Å². The fourth-order valence-electron chi connectivity index (χ4n) is 0.752. The molecule has 0 aliphatic heterocycles. The smallest absolute Gasteiger partial charge is 0.0795 e. The van der Waals surface area contributed by atoms with Crippen molar-refractivity contribution in [2.45, 2.75) is 13.0 Å². The van der Waals surface area contributed by atoms with Crippen LogP contribution in [-0.4, -0.2) is 11.5 Å². The third kappa shape index (κ3) is 2.34. The molecule has 58 valence electrons. The average molecular weight is 166 g/mol. The summed E-state index contributed by atoms with van der Waals surface area (Å²) in [6, 6.07) is 0.261. The lowest BCUT2D eigenvalue weighted by Gasteiger charge is -2.07. The lowest BCUT2D eigenvalue weighted by molar-refractivity contribution is 0.610. The molecule has 0 amide bonds. The Morgan fingerprint density at radius 2 is 2.73 bits per heavy atom. The first-order chi connectivity index (χ1) is 5.34. The fraction of sp³-hybridized carbons (Fsp3) is 0.375. The van der Waals surface area contributed by atoms with Gasteiger partial charge in [0.25, 0.3) is 0 Å². The molecular formula is C8H10N2S. The molecular weight excluding hydrogens is 156 g/mol. The monoisotopic (exact) mass is 166 g/mol. The summed E-state index contributed by atoms with van der Waals surface area (Å²) in [7, 11) is 0. The van der Waals surface area contributed by atoms with Gasteiger partial charge in [0.05, 0.1) is 17.7 Å². The Hall–Kier alpha value is -0.850. The molecule has 1 N–H and O–H groups in total. The molecule has 0 aromatic carbocycles. The minimum absolute atomic E-state index is 0.261. The van der Waals surface area contributed by atoms with Gasteiger partial charge in [-0.05, 0) is 6.92 Å². The summed E-state index contributed by atoms with van der Waals surface area (Å²) in [6.07, 6.45) is 5.10. The minimum Gasteiger partial charge on any atom is -0.298 e. The van der Waals surface area contributed by atoms with Crippen LogP contribution in [0.2, 0.25) is 0 Å². The van der Waals surface area contributed by atoms with Gasteiger partial charge < -0.3 is 0 Å².